The van der Waals surface area contributed by atoms with Gasteiger partial charge in [-0.2, -0.15) is 0 Å². The van der Waals surface area contributed by atoms with E-state index in [9.17, 15) is 13.2 Å². The lowest BCUT2D eigenvalue weighted by atomic mass is 9.91. The van der Waals surface area contributed by atoms with E-state index in [1.807, 2.05) is 0 Å². The molecule has 1 saturated heterocycles. The van der Waals surface area contributed by atoms with Crippen LogP contribution < -0.4 is 15.4 Å². The van der Waals surface area contributed by atoms with Gasteiger partial charge in [0, 0.05) is 20.2 Å². The van der Waals surface area contributed by atoms with E-state index < -0.39 is 15.6 Å². The fourth-order valence-corrected chi connectivity index (χ4v) is 3.80. The standard InChI is InChI=1S/C16H25N3O4S/c1-3-19-24(21,22)14-6-4-13(5-7-14)12-18-15(20)16(23-2)8-10-17-11-9-16/h4-7,17,19H,3,8-12H2,1-2H3,(H,18,20). The first kappa shape index (κ1) is 18.9. The highest BCUT2D eigenvalue weighted by molar-refractivity contribution is 7.89. The molecule has 1 aliphatic heterocycles. The molecular weight excluding hydrogens is 330 g/mol. The predicted molar refractivity (Wildman–Crippen MR) is 91.0 cm³/mol. The zero-order chi connectivity index (χ0) is 17.6. The van der Waals surface area contributed by atoms with Gasteiger partial charge < -0.3 is 15.4 Å². The molecule has 1 aromatic rings. The number of hydrogen-bond acceptors (Lipinski definition) is 5. The van der Waals surface area contributed by atoms with Crippen molar-refractivity contribution in [1.82, 2.24) is 15.4 Å². The maximum atomic E-state index is 12.5. The summed E-state index contributed by atoms with van der Waals surface area (Å²) in [4.78, 5) is 12.7. The zero-order valence-electron chi connectivity index (χ0n) is 14.1. The van der Waals surface area contributed by atoms with Crippen molar-refractivity contribution in [3.05, 3.63) is 29.8 Å². The molecule has 1 fully saturated rings. The van der Waals surface area contributed by atoms with Crippen molar-refractivity contribution in [2.24, 2.45) is 0 Å². The summed E-state index contributed by atoms with van der Waals surface area (Å²) < 4.78 is 31.7. The molecule has 0 spiro atoms. The number of rotatable bonds is 7. The number of carbonyl (C=O) groups excluding carboxylic acids is 1. The molecule has 24 heavy (non-hydrogen) atoms. The highest BCUT2D eigenvalue weighted by Crippen LogP contribution is 2.22. The fourth-order valence-electron chi connectivity index (χ4n) is 2.76. The molecule has 3 N–H and O–H groups in total. The molecule has 1 heterocycles. The van der Waals surface area contributed by atoms with Crippen molar-refractivity contribution >= 4 is 15.9 Å². The third-order valence-electron chi connectivity index (χ3n) is 4.24. The number of nitrogens with one attached hydrogen (secondary N) is 3. The van der Waals surface area contributed by atoms with Gasteiger partial charge >= 0.3 is 0 Å². The van der Waals surface area contributed by atoms with Gasteiger partial charge in [0.15, 0.2) is 0 Å². The molecule has 1 amide bonds. The molecule has 134 valence electrons. The van der Waals surface area contributed by atoms with Crippen LogP contribution in [0.15, 0.2) is 29.2 Å². The van der Waals surface area contributed by atoms with Crippen LogP contribution in [0.4, 0.5) is 0 Å². The number of amides is 1. The summed E-state index contributed by atoms with van der Waals surface area (Å²) in [5, 5.41) is 6.10. The summed E-state index contributed by atoms with van der Waals surface area (Å²) in [5.41, 5.74) is 0.0542. The van der Waals surface area contributed by atoms with Crippen LogP contribution in [0.25, 0.3) is 0 Å². The van der Waals surface area contributed by atoms with Crippen molar-refractivity contribution < 1.29 is 17.9 Å². The second kappa shape index (κ2) is 8.06. The van der Waals surface area contributed by atoms with E-state index in [1.54, 1.807) is 26.2 Å². The molecular formula is C16H25N3O4S. The second-order valence-corrected chi connectivity index (χ2v) is 7.54. The van der Waals surface area contributed by atoms with Crippen LogP contribution in [0.3, 0.4) is 0 Å². The molecule has 1 aromatic carbocycles. The Bertz CT molecular complexity index is 652. The predicted octanol–water partition coefficient (Wildman–Crippen LogP) is 0.370. The zero-order valence-corrected chi connectivity index (χ0v) is 14.9. The Hall–Kier alpha value is -1.48. The van der Waals surface area contributed by atoms with Crippen molar-refractivity contribution in [1.29, 1.82) is 0 Å². The lowest BCUT2D eigenvalue weighted by Crippen LogP contribution is -2.53. The smallest absolute Gasteiger partial charge is 0.252 e. The van der Waals surface area contributed by atoms with E-state index in [1.165, 1.54) is 12.1 Å². The van der Waals surface area contributed by atoms with Gasteiger partial charge in [-0.25, -0.2) is 13.1 Å². The largest absolute Gasteiger partial charge is 0.368 e. The monoisotopic (exact) mass is 355 g/mol. The molecule has 8 heteroatoms. The van der Waals surface area contributed by atoms with Gasteiger partial charge in [-0.3, -0.25) is 4.79 Å². The van der Waals surface area contributed by atoms with Crippen LogP contribution in [0.5, 0.6) is 0 Å². The normalized spacial score (nSPS) is 17.4. The minimum absolute atomic E-state index is 0.129. The fraction of sp³-hybridized carbons (Fsp3) is 0.562. The van der Waals surface area contributed by atoms with Gasteiger partial charge in [-0.1, -0.05) is 19.1 Å². The minimum Gasteiger partial charge on any atom is -0.368 e. The summed E-state index contributed by atoms with van der Waals surface area (Å²) in [6.07, 6.45) is 1.27. The van der Waals surface area contributed by atoms with Crippen LogP contribution >= 0.6 is 0 Å². The number of piperidine rings is 1. The molecule has 0 aromatic heterocycles. The van der Waals surface area contributed by atoms with Gasteiger partial charge in [0.05, 0.1) is 4.90 Å². The van der Waals surface area contributed by atoms with E-state index in [0.717, 1.165) is 18.7 Å². The molecule has 7 nitrogen and oxygen atoms in total. The van der Waals surface area contributed by atoms with Crippen LogP contribution in [-0.2, 0) is 26.1 Å². The van der Waals surface area contributed by atoms with E-state index >= 15 is 0 Å². The average Bonchev–Trinajstić information content (AvgIpc) is 2.60. The van der Waals surface area contributed by atoms with Crippen molar-refractivity contribution in [2.75, 3.05) is 26.7 Å². The van der Waals surface area contributed by atoms with E-state index in [4.69, 9.17) is 4.74 Å². The van der Waals surface area contributed by atoms with Crippen molar-refractivity contribution in [3.63, 3.8) is 0 Å². The summed E-state index contributed by atoms with van der Waals surface area (Å²) >= 11 is 0. The molecule has 0 atom stereocenters. The van der Waals surface area contributed by atoms with Gasteiger partial charge in [-0.15, -0.1) is 0 Å². The van der Waals surface area contributed by atoms with E-state index in [0.29, 0.717) is 25.9 Å². The summed E-state index contributed by atoms with van der Waals surface area (Å²) in [7, 11) is -1.89. The highest BCUT2D eigenvalue weighted by atomic mass is 32.2. The maximum absolute atomic E-state index is 12.5. The highest BCUT2D eigenvalue weighted by Gasteiger charge is 2.39. The number of methoxy groups -OCH3 is 1. The lowest BCUT2D eigenvalue weighted by Gasteiger charge is -2.34. The third kappa shape index (κ3) is 4.32. The lowest BCUT2D eigenvalue weighted by molar-refractivity contribution is -0.146. The first-order valence-electron chi connectivity index (χ1n) is 8.06. The van der Waals surface area contributed by atoms with Crippen LogP contribution in [0, 0.1) is 0 Å². The summed E-state index contributed by atoms with van der Waals surface area (Å²) in [6, 6.07) is 6.48. The number of hydrogen-bond donors (Lipinski definition) is 3. The average molecular weight is 355 g/mol. The molecule has 0 radical (unpaired) electrons. The Balaban J connectivity index is 1.98. The number of ether oxygens (including phenoxy) is 1. The quantitative estimate of drug-likeness (QED) is 0.657. The molecule has 0 aliphatic carbocycles. The van der Waals surface area contributed by atoms with E-state index in [2.05, 4.69) is 15.4 Å². The van der Waals surface area contributed by atoms with Crippen LogP contribution in [-0.4, -0.2) is 46.7 Å². The van der Waals surface area contributed by atoms with Crippen LogP contribution in [0.1, 0.15) is 25.3 Å². The van der Waals surface area contributed by atoms with Gasteiger partial charge in [0.2, 0.25) is 10.0 Å². The van der Waals surface area contributed by atoms with Crippen molar-refractivity contribution in [2.45, 2.75) is 36.8 Å². The molecule has 1 aliphatic rings. The molecule has 0 saturated carbocycles. The first-order valence-corrected chi connectivity index (χ1v) is 9.54. The second-order valence-electron chi connectivity index (χ2n) is 5.78. The molecule has 2 rings (SSSR count). The van der Waals surface area contributed by atoms with Crippen molar-refractivity contribution in [3.8, 4) is 0 Å². The van der Waals surface area contributed by atoms with Gasteiger partial charge in [0.25, 0.3) is 5.91 Å². The van der Waals surface area contributed by atoms with Gasteiger partial charge in [-0.05, 0) is 43.6 Å². The summed E-state index contributed by atoms with van der Waals surface area (Å²) in [5.74, 6) is -0.129. The van der Waals surface area contributed by atoms with Crippen LogP contribution in [0.2, 0.25) is 0 Å². The Labute approximate surface area is 143 Å². The topological polar surface area (TPSA) is 96.5 Å². The minimum atomic E-state index is -3.45. The Kier molecular flexibility index (Phi) is 6.34. The maximum Gasteiger partial charge on any atom is 0.252 e. The Morgan fingerprint density at radius 1 is 1.25 bits per heavy atom. The molecule has 0 bridgehead atoms. The number of carbonyl (C=O) groups is 1. The van der Waals surface area contributed by atoms with E-state index in [-0.39, 0.29) is 10.8 Å². The first-order chi connectivity index (χ1) is 11.4. The molecule has 0 unspecified atom stereocenters. The third-order valence-corrected chi connectivity index (χ3v) is 5.80. The Morgan fingerprint density at radius 3 is 2.42 bits per heavy atom. The number of benzene rings is 1. The SMILES string of the molecule is CCNS(=O)(=O)c1ccc(CNC(=O)C2(OC)CCNCC2)cc1. The Morgan fingerprint density at radius 2 is 1.88 bits per heavy atom. The van der Waals surface area contributed by atoms with Gasteiger partial charge in [0.1, 0.15) is 5.60 Å². The summed E-state index contributed by atoms with van der Waals surface area (Å²) in [6.45, 7) is 3.90. The number of sulfonamides is 1.